The lowest BCUT2D eigenvalue weighted by Crippen LogP contribution is -2.35. The van der Waals surface area contributed by atoms with Gasteiger partial charge in [-0.25, -0.2) is 4.68 Å². The molecule has 0 unspecified atom stereocenters. The van der Waals surface area contributed by atoms with Gasteiger partial charge in [0.05, 0.1) is 0 Å². The molecule has 2 rings (SSSR count). The molecule has 1 aliphatic rings. The van der Waals surface area contributed by atoms with Gasteiger partial charge in [-0.15, -0.1) is 0 Å². The van der Waals surface area contributed by atoms with Gasteiger partial charge in [0.2, 0.25) is 4.77 Å². The standard InChI is InChI=1S/C11H18N4OS/c12-14-9(6-8-4-2-1-3-5-8)7-10(16)15(13)11(14)17/h7-8H,1-6,12-13H2. The molecule has 1 aromatic heterocycles. The maximum Gasteiger partial charge on any atom is 0.273 e. The zero-order valence-electron chi connectivity index (χ0n) is 9.76. The molecule has 4 N–H and O–H groups in total. The summed E-state index contributed by atoms with van der Waals surface area (Å²) in [5, 5.41) is 0. The Balaban J connectivity index is 2.27. The number of aromatic nitrogens is 2. The first-order valence-electron chi connectivity index (χ1n) is 5.97. The molecule has 0 aromatic carbocycles. The molecule has 0 amide bonds. The molecule has 0 spiro atoms. The SMILES string of the molecule is Nn1c(CC2CCCCC2)cc(=O)n(N)c1=S. The molecule has 1 saturated carbocycles. The summed E-state index contributed by atoms with van der Waals surface area (Å²) in [6, 6.07) is 1.49. The maximum absolute atomic E-state index is 11.6. The number of nitrogens with zero attached hydrogens (tertiary/aromatic N) is 2. The molecule has 0 atom stereocenters. The molecule has 17 heavy (non-hydrogen) atoms. The first-order chi connectivity index (χ1) is 8.09. The topological polar surface area (TPSA) is 79.0 Å². The summed E-state index contributed by atoms with van der Waals surface area (Å²) in [6.45, 7) is 0. The largest absolute Gasteiger partial charge is 0.337 e. The lowest BCUT2D eigenvalue weighted by Gasteiger charge is -2.22. The summed E-state index contributed by atoms with van der Waals surface area (Å²) in [7, 11) is 0. The smallest absolute Gasteiger partial charge is 0.273 e. The van der Waals surface area contributed by atoms with E-state index in [0.717, 1.165) is 16.8 Å². The number of hydrogen-bond donors (Lipinski definition) is 2. The van der Waals surface area contributed by atoms with Crippen molar-refractivity contribution in [2.75, 3.05) is 11.7 Å². The normalized spacial score (nSPS) is 17.2. The fourth-order valence-electron chi connectivity index (χ4n) is 2.46. The van der Waals surface area contributed by atoms with Gasteiger partial charge in [-0.2, -0.15) is 4.68 Å². The molecule has 6 heteroatoms. The van der Waals surface area contributed by atoms with Crippen LogP contribution in [0.15, 0.2) is 10.9 Å². The van der Waals surface area contributed by atoms with E-state index < -0.39 is 0 Å². The van der Waals surface area contributed by atoms with E-state index in [1.165, 1.54) is 42.8 Å². The third kappa shape index (κ3) is 2.52. The van der Waals surface area contributed by atoms with Crippen LogP contribution in [-0.4, -0.2) is 9.35 Å². The molecule has 0 radical (unpaired) electrons. The highest BCUT2D eigenvalue weighted by Crippen LogP contribution is 2.26. The zero-order chi connectivity index (χ0) is 12.4. The first kappa shape index (κ1) is 12.2. The van der Waals surface area contributed by atoms with Crippen LogP contribution >= 0.6 is 12.2 Å². The van der Waals surface area contributed by atoms with Gasteiger partial charge in [0.1, 0.15) is 0 Å². The molecular formula is C11H18N4OS. The van der Waals surface area contributed by atoms with E-state index in [2.05, 4.69) is 0 Å². The predicted molar refractivity (Wildman–Crippen MR) is 70.1 cm³/mol. The van der Waals surface area contributed by atoms with Gasteiger partial charge < -0.3 is 11.7 Å². The fraction of sp³-hybridized carbons (Fsp3) is 0.636. The molecule has 0 bridgehead atoms. The minimum absolute atomic E-state index is 0.170. The van der Waals surface area contributed by atoms with Gasteiger partial charge in [0.25, 0.3) is 5.56 Å². The van der Waals surface area contributed by atoms with Crippen LogP contribution in [-0.2, 0) is 6.42 Å². The van der Waals surface area contributed by atoms with Crippen molar-refractivity contribution in [3.63, 3.8) is 0 Å². The number of rotatable bonds is 2. The van der Waals surface area contributed by atoms with Gasteiger partial charge in [-0.05, 0) is 24.6 Å². The van der Waals surface area contributed by atoms with Crippen LogP contribution in [0.3, 0.4) is 0 Å². The number of hydrogen-bond acceptors (Lipinski definition) is 4. The Labute approximate surface area is 105 Å². The second-order valence-electron chi connectivity index (χ2n) is 4.70. The molecular weight excluding hydrogens is 236 g/mol. The molecule has 0 aliphatic heterocycles. The average Bonchev–Trinajstić information content (AvgIpc) is 2.35. The molecule has 0 saturated heterocycles. The highest BCUT2D eigenvalue weighted by molar-refractivity contribution is 7.71. The maximum atomic E-state index is 11.6. The summed E-state index contributed by atoms with van der Waals surface area (Å²) in [6.07, 6.45) is 7.08. The molecule has 1 aliphatic carbocycles. The third-order valence-electron chi connectivity index (χ3n) is 3.47. The Bertz CT molecular complexity index is 513. The Hall–Kier alpha value is -1.30. The van der Waals surface area contributed by atoms with E-state index in [9.17, 15) is 4.79 Å². The summed E-state index contributed by atoms with van der Waals surface area (Å²) in [4.78, 5) is 11.6. The second kappa shape index (κ2) is 4.91. The van der Waals surface area contributed by atoms with Gasteiger partial charge in [-0.1, -0.05) is 32.1 Å². The summed E-state index contributed by atoms with van der Waals surface area (Å²) >= 11 is 5.01. The molecule has 1 aromatic rings. The minimum Gasteiger partial charge on any atom is -0.337 e. The molecule has 94 valence electrons. The van der Waals surface area contributed by atoms with E-state index in [4.69, 9.17) is 23.9 Å². The van der Waals surface area contributed by atoms with Gasteiger partial charge in [0.15, 0.2) is 0 Å². The van der Waals surface area contributed by atoms with Gasteiger partial charge in [-0.3, -0.25) is 4.79 Å². The average molecular weight is 254 g/mol. The third-order valence-corrected chi connectivity index (χ3v) is 3.87. The van der Waals surface area contributed by atoms with Crippen LogP contribution in [0.2, 0.25) is 0 Å². The molecule has 5 nitrogen and oxygen atoms in total. The summed E-state index contributed by atoms with van der Waals surface area (Å²) < 4.78 is 2.42. The Morgan fingerprint density at radius 2 is 1.88 bits per heavy atom. The quantitative estimate of drug-likeness (QED) is 0.608. The Kier molecular flexibility index (Phi) is 3.51. The second-order valence-corrected chi connectivity index (χ2v) is 5.07. The van der Waals surface area contributed by atoms with Gasteiger partial charge in [0, 0.05) is 11.8 Å². The molecule has 1 heterocycles. The Morgan fingerprint density at radius 1 is 1.24 bits per heavy atom. The minimum atomic E-state index is -0.289. The van der Waals surface area contributed by atoms with Crippen molar-refractivity contribution in [1.82, 2.24) is 9.35 Å². The van der Waals surface area contributed by atoms with Crippen molar-refractivity contribution < 1.29 is 0 Å². The summed E-state index contributed by atoms with van der Waals surface area (Å²) in [5.74, 6) is 11.9. The van der Waals surface area contributed by atoms with Crippen LogP contribution in [0.5, 0.6) is 0 Å². The highest BCUT2D eigenvalue weighted by Gasteiger charge is 2.16. The number of nitrogen functional groups attached to an aromatic ring is 2. The Morgan fingerprint density at radius 3 is 2.53 bits per heavy atom. The number of nitrogens with two attached hydrogens (primary N) is 2. The van der Waals surface area contributed by atoms with Crippen molar-refractivity contribution in [3.05, 3.63) is 26.9 Å². The first-order valence-corrected chi connectivity index (χ1v) is 6.38. The predicted octanol–water partition coefficient (Wildman–Crippen LogP) is 0.930. The monoisotopic (exact) mass is 254 g/mol. The molecule has 1 fully saturated rings. The summed E-state index contributed by atoms with van der Waals surface area (Å²) in [5.41, 5.74) is 0.496. The fourth-order valence-corrected chi connectivity index (χ4v) is 2.67. The zero-order valence-corrected chi connectivity index (χ0v) is 10.6. The van der Waals surface area contributed by atoms with E-state index in [1.807, 2.05) is 0 Å². The van der Waals surface area contributed by atoms with E-state index in [0.29, 0.717) is 5.92 Å². The van der Waals surface area contributed by atoms with Crippen molar-refractivity contribution in [1.29, 1.82) is 0 Å². The van der Waals surface area contributed by atoms with Crippen LogP contribution in [0.1, 0.15) is 37.8 Å². The lowest BCUT2D eigenvalue weighted by atomic mass is 9.86. The van der Waals surface area contributed by atoms with Crippen molar-refractivity contribution in [2.24, 2.45) is 5.92 Å². The van der Waals surface area contributed by atoms with Crippen molar-refractivity contribution in [3.8, 4) is 0 Å². The van der Waals surface area contributed by atoms with Crippen molar-refractivity contribution >= 4 is 12.2 Å². The van der Waals surface area contributed by atoms with E-state index in [-0.39, 0.29) is 10.3 Å². The lowest BCUT2D eigenvalue weighted by molar-refractivity contribution is 0.351. The van der Waals surface area contributed by atoms with Crippen LogP contribution in [0.25, 0.3) is 0 Å². The van der Waals surface area contributed by atoms with Crippen LogP contribution in [0, 0.1) is 10.7 Å². The van der Waals surface area contributed by atoms with Crippen LogP contribution < -0.4 is 17.2 Å². The van der Waals surface area contributed by atoms with Gasteiger partial charge >= 0.3 is 0 Å². The highest BCUT2D eigenvalue weighted by atomic mass is 32.1. The van der Waals surface area contributed by atoms with Crippen molar-refractivity contribution in [2.45, 2.75) is 38.5 Å². The van der Waals surface area contributed by atoms with E-state index >= 15 is 0 Å². The van der Waals surface area contributed by atoms with E-state index in [1.54, 1.807) is 0 Å². The van der Waals surface area contributed by atoms with Crippen LogP contribution in [0.4, 0.5) is 0 Å².